The van der Waals surface area contributed by atoms with Crippen molar-refractivity contribution in [3.63, 3.8) is 0 Å². The molecule has 0 unspecified atom stereocenters. The van der Waals surface area contributed by atoms with E-state index in [9.17, 15) is 4.39 Å². The van der Waals surface area contributed by atoms with E-state index in [4.69, 9.17) is 5.73 Å². The van der Waals surface area contributed by atoms with Crippen LogP contribution in [0.15, 0.2) is 27.7 Å². The van der Waals surface area contributed by atoms with Gasteiger partial charge in [0.25, 0.3) is 0 Å². The molecule has 1 rings (SSSR count). The molecule has 2 nitrogen and oxygen atoms in total. The molecule has 0 amide bonds. The zero-order valence-electron chi connectivity index (χ0n) is 8.80. The Morgan fingerprint density at radius 3 is 2.67 bits per heavy atom. The topological polar surface area (TPSA) is 38.4 Å². The molecular formula is C11H14BrFN2. The van der Waals surface area contributed by atoms with Crippen LogP contribution in [0.1, 0.15) is 19.4 Å². The molecule has 0 atom stereocenters. The van der Waals surface area contributed by atoms with Crippen molar-refractivity contribution in [1.82, 2.24) is 0 Å². The Morgan fingerprint density at radius 2 is 2.13 bits per heavy atom. The number of hydrogen-bond acceptors (Lipinski definition) is 1. The van der Waals surface area contributed by atoms with E-state index in [0.717, 1.165) is 0 Å². The number of aliphatic imine (C=N–C) groups is 1. The fourth-order valence-corrected chi connectivity index (χ4v) is 1.54. The zero-order valence-corrected chi connectivity index (χ0v) is 10.4. The average Bonchev–Trinajstić information content (AvgIpc) is 2.12. The lowest BCUT2D eigenvalue weighted by Gasteiger charge is -2.04. The molecule has 0 aliphatic carbocycles. The van der Waals surface area contributed by atoms with Crippen LogP contribution in [0.4, 0.5) is 4.39 Å². The van der Waals surface area contributed by atoms with Gasteiger partial charge in [0.15, 0.2) is 0 Å². The van der Waals surface area contributed by atoms with E-state index in [2.05, 4.69) is 34.8 Å². The van der Waals surface area contributed by atoms with Crippen LogP contribution < -0.4 is 5.73 Å². The Balaban J connectivity index is 2.90. The highest BCUT2D eigenvalue weighted by molar-refractivity contribution is 9.10. The van der Waals surface area contributed by atoms with Crippen molar-refractivity contribution in [2.24, 2.45) is 16.6 Å². The van der Waals surface area contributed by atoms with Gasteiger partial charge >= 0.3 is 0 Å². The minimum absolute atomic E-state index is 0.318. The maximum absolute atomic E-state index is 13.0. The number of nitrogens with zero attached hydrogens (tertiary/aromatic N) is 1. The van der Waals surface area contributed by atoms with Crippen molar-refractivity contribution < 1.29 is 4.39 Å². The number of halogens is 2. The molecule has 0 aliphatic rings. The van der Waals surface area contributed by atoms with Crippen LogP contribution in [0.2, 0.25) is 0 Å². The number of rotatable bonds is 3. The van der Waals surface area contributed by atoms with Crippen LogP contribution >= 0.6 is 15.9 Å². The van der Waals surface area contributed by atoms with Crippen LogP contribution in [0, 0.1) is 11.7 Å². The van der Waals surface area contributed by atoms with Gasteiger partial charge in [-0.05, 0) is 24.1 Å². The number of amidine groups is 1. The van der Waals surface area contributed by atoms with Gasteiger partial charge in [0, 0.05) is 16.6 Å². The summed E-state index contributed by atoms with van der Waals surface area (Å²) in [6.45, 7) is 4.76. The summed E-state index contributed by atoms with van der Waals surface area (Å²) >= 11 is 3.21. The molecule has 0 radical (unpaired) electrons. The molecular weight excluding hydrogens is 259 g/mol. The van der Waals surface area contributed by atoms with Gasteiger partial charge in [0.1, 0.15) is 11.7 Å². The van der Waals surface area contributed by atoms with E-state index in [1.54, 1.807) is 6.07 Å². The summed E-state index contributed by atoms with van der Waals surface area (Å²) in [7, 11) is 0. The lowest BCUT2D eigenvalue weighted by Crippen LogP contribution is -2.15. The first-order valence-electron chi connectivity index (χ1n) is 4.75. The van der Waals surface area contributed by atoms with Crippen LogP contribution in [-0.4, -0.2) is 12.4 Å². The third kappa shape index (κ3) is 4.00. The van der Waals surface area contributed by atoms with E-state index in [0.29, 0.717) is 28.3 Å². The number of nitrogens with two attached hydrogens (primary N) is 1. The van der Waals surface area contributed by atoms with E-state index in [1.165, 1.54) is 12.1 Å². The molecule has 82 valence electrons. The molecule has 2 N–H and O–H groups in total. The van der Waals surface area contributed by atoms with Crippen LogP contribution in [-0.2, 0) is 0 Å². The molecule has 0 bridgehead atoms. The maximum Gasteiger partial charge on any atom is 0.125 e. The Hall–Kier alpha value is -0.900. The summed E-state index contributed by atoms with van der Waals surface area (Å²) in [4.78, 5) is 4.18. The monoisotopic (exact) mass is 272 g/mol. The fourth-order valence-electron chi connectivity index (χ4n) is 1.07. The normalized spacial score (nSPS) is 12.2. The first-order chi connectivity index (χ1) is 6.99. The van der Waals surface area contributed by atoms with E-state index >= 15 is 0 Å². The van der Waals surface area contributed by atoms with Crippen LogP contribution in [0.5, 0.6) is 0 Å². The molecule has 0 heterocycles. The Morgan fingerprint density at radius 1 is 1.47 bits per heavy atom. The molecule has 1 aromatic rings. The highest BCUT2D eigenvalue weighted by atomic mass is 79.9. The Bertz CT molecular complexity index is 355. The summed E-state index contributed by atoms with van der Waals surface area (Å²) in [5.41, 5.74) is 6.36. The van der Waals surface area contributed by atoms with Crippen molar-refractivity contribution in [3.8, 4) is 0 Å². The second-order valence-corrected chi connectivity index (χ2v) is 4.69. The van der Waals surface area contributed by atoms with Gasteiger partial charge in [-0.15, -0.1) is 0 Å². The molecule has 0 aromatic heterocycles. The maximum atomic E-state index is 13.0. The minimum Gasteiger partial charge on any atom is -0.384 e. The molecule has 0 saturated heterocycles. The summed E-state index contributed by atoms with van der Waals surface area (Å²) in [6, 6.07) is 4.52. The van der Waals surface area contributed by atoms with Gasteiger partial charge in [-0.1, -0.05) is 29.8 Å². The summed E-state index contributed by atoms with van der Waals surface area (Å²) in [5, 5.41) is 0. The Kier molecular flexibility index (Phi) is 4.27. The van der Waals surface area contributed by atoms with Gasteiger partial charge in [-0.25, -0.2) is 4.39 Å². The summed E-state index contributed by atoms with van der Waals surface area (Å²) in [5.74, 6) is 0.506. The van der Waals surface area contributed by atoms with Crippen molar-refractivity contribution in [1.29, 1.82) is 0 Å². The predicted molar refractivity (Wildman–Crippen MR) is 64.5 cm³/mol. The number of hydrogen-bond donors (Lipinski definition) is 1. The first kappa shape index (κ1) is 12.2. The highest BCUT2D eigenvalue weighted by Crippen LogP contribution is 2.14. The average molecular weight is 273 g/mol. The highest BCUT2D eigenvalue weighted by Gasteiger charge is 2.03. The largest absolute Gasteiger partial charge is 0.384 e. The van der Waals surface area contributed by atoms with Crippen molar-refractivity contribution in [2.45, 2.75) is 13.8 Å². The third-order valence-electron chi connectivity index (χ3n) is 1.79. The van der Waals surface area contributed by atoms with E-state index < -0.39 is 0 Å². The van der Waals surface area contributed by atoms with Gasteiger partial charge in [0.2, 0.25) is 0 Å². The van der Waals surface area contributed by atoms with E-state index in [1.807, 2.05) is 0 Å². The second kappa shape index (κ2) is 5.26. The van der Waals surface area contributed by atoms with Gasteiger partial charge in [-0.2, -0.15) is 0 Å². The van der Waals surface area contributed by atoms with Crippen LogP contribution in [0.3, 0.4) is 0 Å². The molecule has 15 heavy (non-hydrogen) atoms. The summed E-state index contributed by atoms with van der Waals surface area (Å²) in [6.07, 6.45) is 0. The van der Waals surface area contributed by atoms with Gasteiger partial charge < -0.3 is 5.73 Å². The smallest absolute Gasteiger partial charge is 0.125 e. The molecule has 4 heteroatoms. The molecule has 0 spiro atoms. The second-order valence-electron chi connectivity index (χ2n) is 3.78. The first-order valence-corrected chi connectivity index (χ1v) is 5.54. The van der Waals surface area contributed by atoms with Crippen molar-refractivity contribution >= 4 is 21.8 Å². The molecule has 0 aliphatic heterocycles. The lowest BCUT2D eigenvalue weighted by atomic mass is 10.2. The lowest BCUT2D eigenvalue weighted by molar-refractivity contribution is 0.626. The SMILES string of the molecule is CC(C)CN=C(N)c1cc(F)cc(Br)c1. The zero-order chi connectivity index (χ0) is 11.4. The summed E-state index contributed by atoms with van der Waals surface area (Å²) < 4.78 is 13.7. The molecule has 1 aromatic carbocycles. The van der Waals surface area contributed by atoms with Gasteiger partial charge in [0.05, 0.1) is 0 Å². The van der Waals surface area contributed by atoms with E-state index in [-0.39, 0.29) is 5.82 Å². The van der Waals surface area contributed by atoms with Crippen molar-refractivity contribution in [2.75, 3.05) is 6.54 Å². The molecule has 0 fully saturated rings. The Labute approximate surface area is 97.5 Å². The number of benzene rings is 1. The van der Waals surface area contributed by atoms with Crippen molar-refractivity contribution in [3.05, 3.63) is 34.1 Å². The fraction of sp³-hybridized carbons (Fsp3) is 0.364. The predicted octanol–water partition coefficient (Wildman–Crippen LogP) is 2.95. The quantitative estimate of drug-likeness (QED) is 0.667. The standard InChI is InChI=1S/C11H14BrFN2/c1-7(2)6-15-11(14)8-3-9(12)5-10(13)4-8/h3-5,7H,6H2,1-2H3,(H2,14,15). The molecule has 0 saturated carbocycles. The van der Waals surface area contributed by atoms with Gasteiger partial charge in [-0.3, -0.25) is 4.99 Å². The third-order valence-corrected chi connectivity index (χ3v) is 2.24. The van der Waals surface area contributed by atoms with Crippen LogP contribution in [0.25, 0.3) is 0 Å². The minimum atomic E-state index is -0.318.